The molecule has 0 aliphatic carbocycles. The van der Waals surface area contributed by atoms with E-state index in [0.717, 1.165) is 18.6 Å². The third-order valence-electron chi connectivity index (χ3n) is 4.90. The summed E-state index contributed by atoms with van der Waals surface area (Å²) in [6.07, 6.45) is 1.78. The molecule has 0 radical (unpaired) electrons. The fourth-order valence-electron chi connectivity index (χ4n) is 3.21. The third kappa shape index (κ3) is 5.51. The van der Waals surface area contributed by atoms with Gasteiger partial charge in [0.15, 0.2) is 5.78 Å². The Hall–Kier alpha value is -2.27. The van der Waals surface area contributed by atoms with Crippen molar-refractivity contribution < 1.29 is 13.2 Å². The van der Waals surface area contributed by atoms with E-state index < -0.39 is 10.0 Å². The molecule has 4 rings (SSSR count). The topological polar surface area (TPSA) is 92.3 Å². The second kappa shape index (κ2) is 9.90. The molecule has 1 aromatic heterocycles. The Kier molecular flexibility index (Phi) is 7.01. The quantitative estimate of drug-likeness (QED) is 0.371. The largest absolute Gasteiger partial charge is 0.353 e. The highest BCUT2D eigenvalue weighted by atomic mass is 32.2. The van der Waals surface area contributed by atoms with Crippen molar-refractivity contribution in [3.63, 3.8) is 0 Å². The molecule has 0 spiro atoms. The van der Waals surface area contributed by atoms with Crippen molar-refractivity contribution in [2.24, 2.45) is 0 Å². The SMILES string of the molecule is O=C(CNc1nc(SCc2ccccc2)ns1)c1ccc(S(=O)(=O)N2CCCC2)cc1. The molecule has 1 saturated heterocycles. The predicted octanol–water partition coefficient (Wildman–Crippen LogP) is 3.91. The minimum atomic E-state index is -3.47. The number of aromatic nitrogens is 2. The molecule has 3 aromatic rings. The fraction of sp³-hybridized carbons (Fsp3) is 0.286. The molecule has 0 amide bonds. The van der Waals surface area contributed by atoms with Gasteiger partial charge in [-0.05, 0) is 42.7 Å². The summed E-state index contributed by atoms with van der Waals surface area (Å²) in [6.45, 7) is 1.18. The van der Waals surface area contributed by atoms with Gasteiger partial charge in [0.05, 0.1) is 11.4 Å². The van der Waals surface area contributed by atoms with E-state index in [2.05, 4.69) is 26.8 Å². The molecular formula is C21H22N4O3S3. The van der Waals surface area contributed by atoms with Crippen LogP contribution in [0.25, 0.3) is 0 Å². The zero-order chi connectivity index (χ0) is 21.7. The van der Waals surface area contributed by atoms with Gasteiger partial charge in [0.2, 0.25) is 20.3 Å². The van der Waals surface area contributed by atoms with Crippen molar-refractivity contribution in [1.82, 2.24) is 13.7 Å². The number of hydrogen-bond donors (Lipinski definition) is 1. The molecule has 0 unspecified atom stereocenters. The Morgan fingerprint density at radius 3 is 2.48 bits per heavy atom. The summed E-state index contributed by atoms with van der Waals surface area (Å²) in [4.78, 5) is 17.1. The Bertz CT molecular complexity index is 1130. The van der Waals surface area contributed by atoms with E-state index in [4.69, 9.17) is 0 Å². The van der Waals surface area contributed by atoms with Crippen molar-refractivity contribution >= 4 is 44.2 Å². The second-order valence-corrected chi connectivity index (χ2v) is 10.7. The molecule has 1 aliphatic heterocycles. The van der Waals surface area contributed by atoms with Gasteiger partial charge in [-0.1, -0.05) is 42.1 Å². The second-order valence-electron chi connectivity index (χ2n) is 7.07. The Morgan fingerprint density at radius 1 is 1.06 bits per heavy atom. The third-order valence-corrected chi connectivity index (χ3v) is 8.52. The molecule has 31 heavy (non-hydrogen) atoms. The highest BCUT2D eigenvalue weighted by Crippen LogP contribution is 2.24. The van der Waals surface area contributed by atoms with Crippen LogP contribution in [0.5, 0.6) is 0 Å². The summed E-state index contributed by atoms with van der Waals surface area (Å²) in [5.41, 5.74) is 1.65. The van der Waals surface area contributed by atoms with Gasteiger partial charge < -0.3 is 5.32 Å². The van der Waals surface area contributed by atoms with Gasteiger partial charge in [-0.15, -0.1) is 0 Å². The lowest BCUT2D eigenvalue weighted by molar-refractivity contribution is 0.101. The number of thioether (sulfide) groups is 1. The average molecular weight is 475 g/mol. The van der Waals surface area contributed by atoms with Crippen LogP contribution >= 0.6 is 23.3 Å². The average Bonchev–Trinajstić information content (AvgIpc) is 3.49. The highest BCUT2D eigenvalue weighted by molar-refractivity contribution is 7.98. The number of anilines is 1. The summed E-state index contributed by atoms with van der Waals surface area (Å²) >= 11 is 2.75. The number of rotatable bonds is 9. The van der Waals surface area contributed by atoms with Gasteiger partial charge in [0.1, 0.15) is 0 Å². The molecule has 10 heteroatoms. The molecule has 162 valence electrons. The standard InChI is InChI=1S/C21H22N4O3S3/c26-19(17-8-10-18(11-9-17)31(27,28)25-12-4-5-13-25)14-22-20-23-21(24-30-20)29-15-16-6-2-1-3-7-16/h1-3,6-11H,4-5,12-15H2,(H,22,23,24). The molecule has 2 aromatic carbocycles. The monoisotopic (exact) mass is 474 g/mol. The van der Waals surface area contributed by atoms with Gasteiger partial charge in [-0.3, -0.25) is 4.79 Å². The maximum atomic E-state index is 12.6. The maximum Gasteiger partial charge on any atom is 0.243 e. The van der Waals surface area contributed by atoms with E-state index in [-0.39, 0.29) is 17.2 Å². The number of sulfonamides is 1. The first kappa shape index (κ1) is 21.9. The smallest absolute Gasteiger partial charge is 0.243 e. The zero-order valence-corrected chi connectivity index (χ0v) is 19.2. The van der Waals surface area contributed by atoms with Crippen molar-refractivity contribution in [3.8, 4) is 0 Å². The molecule has 2 heterocycles. The van der Waals surface area contributed by atoms with Gasteiger partial charge in [-0.2, -0.15) is 13.7 Å². The number of carbonyl (C=O) groups is 1. The molecule has 0 bridgehead atoms. The maximum absolute atomic E-state index is 12.6. The Morgan fingerprint density at radius 2 is 1.77 bits per heavy atom. The first-order valence-corrected chi connectivity index (χ1v) is 13.1. The summed E-state index contributed by atoms with van der Waals surface area (Å²) in [6, 6.07) is 16.2. The number of carbonyl (C=O) groups excluding carboxylic acids is 1. The van der Waals surface area contributed by atoms with E-state index in [9.17, 15) is 13.2 Å². The number of hydrogen-bond acceptors (Lipinski definition) is 8. The predicted molar refractivity (Wildman–Crippen MR) is 123 cm³/mol. The van der Waals surface area contributed by atoms with Crippen molar-refractivity contribution in [2.45, 2.75) is 28.6 Å². The Labute approximate surface area is 190 Å². The van der Waals surface area contributed by atoms with E-state index >= 15 is 0 Å². The number of Topliss-reactive ketones (excluding diaryl/α,β-unsaturated/α-hetero) is 1. The Balaban J connectivity index is 1.30. The van der Waals surface area contributed by atoms with Crippen LogP contribution in [0.15, 0.2) is 64.6 Å². The van der Waals surface area contributed by atoms with Crippen LogP contribution in [-0.2, 0) is 15.8 Å². The summed E-state index contributed by atoms with van der Waals surface area (Å²) in [7, 11) is -3.47. The molecular weight excluding hydrogens is 452 g/mol. The lowest BCUT2D eigenvalue weighted by atomic mass is 10.1. The number of ketones is 1. The first-order chi connectivity index (χ1) is 15.0. The van der Waals surface area contributed by atoms with Gasteiger partial charge >= 0.3 is 0 Å². The van der Waals surface area contributed by atoms with Crippen LogP contribution < -0.4 is 5.32 Å². The van der Waals surface area contributed by atoms with Crippen LogP contribution in [0, 0.1) is 0 Å². The number of benzene rings is 2. The van der Waals surface area contributed by atoms with Gasteiger partial charge in [0.25, 0.3) is 0 Å². The minimum Gasteiger partial charge on any atom is -0.353 e. The van der Waals surface area contributed by atoms with Crippen molar-refractivity contribution in [1.29, 1.82) is 0 Å². The number of nitrogens with one attached hydrogen (secondary N) is 1. The van der Waals surface area contributed by atoms with Gasteiger partial charge in [-0.25, -0.2) is 8.42 Å². The first-order valence-electron chi connectivity index (χ1n) is 9.90. The zero-order valence-electron chi connectivity index (χ0n) is 16.7. The molecule has 1 fully saturated rings. The highest BCUT2D eigenvalue weighted by Gasteiger charge is 2.27. The molecule has 1 aliphatic rings. The van der Waals surface area contributed by atoms with Crippen LogP contribution in [-0.4, -0.2) is 47.5 Å². The molecule has 0 atom stereocenters. The summed E-state index contributed by atoms with van der Waals surface area (Å²) < 4.78 is 31.0. The van der Waals surface area contributed by atoms with Crippen molar-refractivity contribution in [2.75, 3.05) is 25.0 Å². The van der Waals surface area contributed by atoms with Gasteiger partial charge in [0, 0.05) is 35.9 Å². The molecule has 7 nitrogen and oxygen atoms in total. The van der Waals surface area contributed by atoms with Crippen LogP contribution in [0.1, 0.15) is 28.8 Å². The summed E-state index contributed by atoms with van der Waals surface area (Å²) in [5.74, 6) is 0.640. The van der Waals surface area contributed by atoms with Crippen LogP contribution in [0.2, 0.25) is 0 Å². The van der Waals surface area contributed by atoms with E-state index in [1.165, 1.54) is 33.5 Å². The van der Waals surface area contributed by atoms with Crippen LogP contribution in [0.3, 0.4) is 0 Å². The molecule has 0 saturated carbocycles. The lowest BCUT2D eigenvalue weighted by Crippen LogP contribution is -2.27. The summed E-state index contributed by atoms with van der Waals surface area (Å²) in [5, 5.41) is 4.25. The van der Waals surface area contributed by atoms with Crippen LogP contribution in [0.4, 0.5) is 5.13 Å². The lowest BCUT2D eigenvalue weighted by Gasteiger charge is -2.15. The van der Waals surface area contributed by atoms with E-state index in [0.29, 0.717) is 28.9 Å². The normalized spacial score (nSPS) is 14.6. The molecule has 1 N–H and O–H groups in total. The fourth-order valence-corrected chi connectivity index (χ4v) is 6.22. The van der Waals surface area contributed by atoms with E-state index in [1.54, 1.807) is 23.9 Å². The van der Waals surface area contributed by atoms with Crippen molar-refractivity contribution in [3.05, 3.63) is 65.7 Å². The number of nitrogens with zero attached hydrogens (tertiary/aromatic N) is 3. The van der Waals surface area contributed by atoms with E-state index in [1.807, 2.05) is 18.2 Å². The minimum absolute atomic E-state index is 0.0657.